The van der Waals surface area contributed by atoms with E-state index in [-0.39, 0.29) is 5.82 Å². The standard InChI is InChI=1S/C23H24BF2N5.2C2H6/c1-4-14-7-13(2)17(25)10-16(14)15-8-18(26)23-20(9-15)29-30-21(23)11-28-19-5-6-31(24)12-22(19)27-3;2*1-2/h7-10,28H,3-6,11-12H2,1-2H3,(H,29,30);2*1-2H3. The number of fused-ring (bicyclic) bond motifs is 1. The molecule has 0 fully saturated rings. The van der Waals surface area contributed by atoms with E-state index < -0.39 is 5.82 Å². The van der Waals surface area contributed by atoms with Gasteiger partial charge in [-0.25, -0.2) is 8.78 Å². The molecule has 0 saturated carbocycles. The number of aromatic nitrogens is 2. The third-order valence-electron chi connectivity index (χ3n) is 5.78. The molecule has 0 bridgehead atoms. The molecule has 2 aromatic carbocycles. The quantitative estimate of drug-likeness (QED) is 0.326. The Morgan fingerprint density at radius 3 is 2.51 bits per heavy atom. The van der Waals surface area contributed by atoms with E-state index in [1.807, 2.05) is 40.7 Å². The van der Waals surface area contributed by atoms with E-state index in [2.05, 4.69) is 27.2 Å². The summed E-state index contributed by atoms with van der Waals surface area (Å²) >= 11 is 0. The second kappa shape index (κ2) is 13.2. The zero-order chi connectivity index (χ0) is 26.1. The lowest BCUT2D eigenvalue weighted by molar-refractivity contribution is 0.448. The zero-order valence-corrected chi connectivity index (χ0v) is 21.7. The molecular weight excluding hydrogens is 443 g/mol. The van der Waals surface area contributed by atoms with Gasteiger partial charge in [-0.3, -0.25) is 10.1 Å². The first kappa shape index (κ1) is 28.2. The molecule has 0 unspecified atom stereocenters. The molecule has 2 N–H and O–H groups in total. The van der Waals surface area contributed by atoms with Crippen LogP contribution in [-0.2, 0) is 13.0 Å². The number of aromatic amines is 1. The highest BCUT2D eigenvalue weighted by molar-refractivity contribution is 6.04. The molecule has 35 heavy (non-hydrogen) atoms. The summed E-state index contributed by atoms with van der Waals surface area (Å²) in [5.41, 5.74) is 5.72. The van der Waals surface area contributed by atoms with E-state index in [0.29, 0.717) is 59.3 Å². The second-order valence-electron chi connectivity index (χ2n) is 7.82. The van der Waals surface area contributed by atoms with Crippen LogP contribution in [0.5, 0.6) is 0 Å². The highest BCUT2D eigenvalue weighted by atomic mass is 19.1. The Morgan fingerprint density at radius 1 is 1.14 bits per heavy atom. The molecule has 3 aromatic rings. The number of nitrogens with zero attached hydrogens (tertiary/aromatic N) is 3. The molecule has 4 rings (SSSR count). The summed E-state index contributed by atoms with van der Waals surface area (Å²) in [6, 6.07) is 6.54. The van der Waals surface area contributed by atoms with Crippen LogP contribution in [0.15, 0.2) is 40.7 Å². The van der Waals surface area contributed by atoms with Crippen LogP contribution in [0.4, 0.5) is 8.78 Å². The smallest absolute Gasteiger partial charge is 0.183 e. The molecule has 1 aromatic heterocycles. The van der Waals surface area contributed by atoms with E-state index in [4.69, 9.17) is 7.98 Å². The predicted octanol–water partition coefficient (Wildman–Crippen LogP) is 6.22. The summed E-state index contributed by atoms with van der Waals surface area (Å²) in [6.45, 7) is 16.9. The number of hydrogen-bond donors (Lipinski definition) is 2. The molecular formula is C27H36BF2N5. The summed E-state index contributed by atoms with van der Waals surface area (Å²) in [5, 5.41) is 11.0. The van der Waals surface area contributed by atoms with Crippen LogP contribution in [0.25, 0.3) is 22.0 Å². The average Bonchev–Trinajstić information content (AvgIpc) is 3.30. The normalized spacial score (nSPS) is 13.6. The first-order valence-corrected chi connectivity index (χ1v) is 12.3. The topological polar surface area (TPSA) is 56.3 Å². The molecule has 186 valence electrons. The Morgan fingerprint density at radius 2 is 1.86 bits per heavy atom. The Balaban J connectivity index is 0.00000103. The minimum atomic E-state index is -0.395. The van der Waals surface area contributed by atoms with Gasteiger partial charge in [0.25, 0.3) is 0 Å². The number of H-pyrrole nitrogens is 1. The van der Waals surface area contributed by atoms with E-state index >= 15 is 4.39 Å². The maximum Gasteiger partial charge on any atom is 0.183 e. The average molecular weight is 479 g/mol. The molecule has 0 aliphatic carbocycles. The van der Waals surface area contributed by atoms with Crippen molar-refractivity contribution in [1.29, 1.82) is 0 Å². The first-order chi connectivity index (χ1) is 16.9. The van der Waals surface area contributed by atoms with Crippen LogP contribution in [-0.4, -0.2) is 42.8 Å². The van der Waals surface area contributed by atoms with Gasteiger partial charge in [-0.2, -0.15) is 5.10 Å². The fraction of sp³-hybridized carbons (Fsp3) is 0.407. The van der Waals surface area contributed by atoms with E-state index in [1.54, 1.807) is 17.8 Å². The van der Waals surface area contributed by atoms with E-state index in [9.17, 15) is 4.39 Å². The van der Waals surface area contributed by atoms with Gasteiger partial charge in [0.15, 0.2) is 7.98 Å². The lowest BCUT2D eigenvalue weighted by atomic mass is 9.95. The molecule has 1 aliphatic heterocycles. The minimum absolute atomic E-state index is 0.303. The van der Waals surface area contributed by atoms with Crippen molar-refractivity contribution in [3.05, 3.63) is 64.1 Å². The van der Waals surface area contributed by atoms with Crippen LogP contribution < -0.4 is 5.32 Å². The number of rotatable bonds is 6. The van der Waals surface area contributed by atoms with E-state index in [0.717, 1.165) is 23.4 Å². The van der Waals surface area contributed by atoms with Crippen molar-refractivity contribution < 1.29 is 8.78 Å². The van der Waals surface area contributed by atoms with Gasteiger partial charge in [0.2, 0.25) is 0 Å². The SMILES string of the molecule is CC.CC.[B]N1CCC(NCc2[nH]nc3cc(-c4cc(F)c(C)cc4CC)cc(F)c23)=C(N=C)C1. The van der Waals surface area contributed by atoms with E-state index in [1.165, 1.54) is 12.1 Å². The molecule has 2 radical (unpaired) electrons. The van der Waals surface area contributed by atoms with Gasteiger partial charge >= 0.3 is 0 Å². The summed E-state index contributed by atoms with van der Waals surface area (Å²) in [4.78, 5) is 5.73. The third kappa shape index (κ3) is 6.37. The maximum absolute atomic E-state index is 15.2. The lowest BCUT2D eigenvalue weighted by Crippen LogP contribution is -2.32. The van der Waals surface area contributed by atoms with Gasteiger partial charge in [-0.15, -0.1) is 0 Å². The number of nitrogens with one attached hydrogen (secondary N) is 2. The van der Waals surface area contributed by atoms with Gasteiger partial charge in [0.05, 0.1) is 28.8 Å². The number of halogens is 2. The molecule has 0 spiro atoms. The summed E-state index contributed by atoms with van der Waals surface area (Å²) in [7, 11) is 5.84. The first-order valence-electron chi connectivity index (χ1n) is 12.3. The van der Waals surface area contributed by atoms with Gasteiger partial charge in [-0.1, -0.05) is 40.7 Å². The third-order valence-corrected chi connectivity index (χ3v) is 5.78. The van der Waals surface area contributed by atoms with Crippen molar-refractivity contribution in [2.75, 3.05) is 13.1 Å². The zero-order valence-electron chi connectivity index (χ0n) is 21.7. The number of aryl methyl sites for hydroxylation is 2. The van der Waals surface area contributed by atoms with Gasteiger partial charge in [0.1, 0.15) is 11.6 Å². The number of aliphatic imine (C=N–C) groups is 1. The molecule has 5 nitrogen and oxygen atoms in total. The Bertz CT molecular complexity index is 1190. The lowest BCUT2D eigenvalue weighted by Gasteiger charge is -2.26. The van der Waals surface area contributed by atoms with Crippen molar-refractivity contribution in [2.45, 2.75) is 60.9 Å². The summed E-state index contributed by atoms with van der Waals surface area (Å²) in [5.74, 6) is -0.697. The number of benzene rings is 2. The Hall–Kier alpha value is -3.00. The van der Waals surface area contributed by atoms with Gasteiger partial charge < -0.3 is 10.1 Å². The number of hydrogen-bond acceptors (Lipinski definition) is 4. The molecule has 2 heterocycles. The summed E-state index contributed by atoms with van der Waals surface area (Å²) in [6.07, 6.45) is 1.43. The van der Waals surface area contributed by atoms with Crippen LogP contribution >= 0.6 is 0 Å². The molecule has 0 atom stereocenters. The molecule has 1 aliphatic rings. The fourth-order valence-electron chi connectivity index (χ4n) is 4.05. The van der Waals surface area contributed by atoms with Crippen LogP contribution in [0.2, 0.25) is 0 Å². The maximum atomic E-state index is 15.2. The molecule has 0 saturated heterocycles. The van der Waals surface area contributed by atoms with Crippen molar-refractivity contribution in [3.63, 3.8) is 0 Å². The highest BCUT2D eigenvalue weighted by Crippen LogP contribution is 2.32. The monoisotopic (exact) mass is 479 g/mol. The van der Waals surface area contributed by atoms with Crippen molar-refractivity contribution in [1.82, 2.24) is 20.3 Å². The minimum Gasteiger partial charge on any atom is -0.381 e. The van der Waals surface area contributed by atoms with Gasteiger partial charge in [0, 0.05) is 18.7 Å². The highest BCUT2D eigenvalue weighted by Gasteiger charge is 2.18. The Kier molecular flexibility index (Phi) is 10.6. The Labute approximate surface area is 209 Å². The van der Waals surface area contributed by atoms with Crippen LogP contribution in [0, 0.1) is 18.6 Å². The second-order valence-corrected chi connectivity index (χ2v) is 7.82. The molecule has 8 heteroatoms. The van der Waals surface area contributed by atoms with Gasteiger partial charge in [-0.05, 0) is 67.1 Å². The fourth-order valence-corrected chi connectivity index (χ4v) is 4.05. The van der Waals surface area contributed by atoms with Crippen molar-refractivity contribution >= 4 is 25.6 Å². The van der Waals surface area contributed by atoms with Crippen LogP contribution in [0.3, 0.4) is 0 Å². The van der Waals surface area contributed by atoms with Crippen molar-refractivity contribution in [2.24, 2.45) is 4.99 Å². The van der Waals surface area contributed by atoms with Crippen LogP contribution in [0.1, 0.15) is 57.9 Å². The largest absolute Gasteiger partial charge is 0.381 e. The predicted molar refractivity (Wildman–Crippen MR) is 144 cm³/mol. The van der Waals surface area contributed by atoms with Crippen molar-refractivity contribution in [3.8, 4) is 11.1 Å². The summed E-state index contributed by atoms with van der Waals surface area (Å²) < 4.78 is 29.4. The molecule has 0 amide bonds.